The van der Waals surface area contributed by atoms with Gasteiger partial charge >= 0.3 is 0 Å². The number of carbonyl (C=O) groups excluding carboxylic acids is 1. The number of rotatable bonds is 3. The molecule has 0 aromatic carbocycles. The predicted molar refractivity (Wildman–Crippen MR) is 84.4 cm³/mol. The quantitative estimate of drug-likeness (QED) is 0.801. The van der Waals surface area contributed by atoms with Crippen LogP contribution in [0.15, 0.2) is 0 Å². The molecule has 4 N–H and O–H groups in total. The summed E-state index contributed by atoms with van der Waals surface area (Å²) < 4.78 is 0. The van der Waals surface area contributed by atoms with Crippen LogP contribution in [0.3, 0.4) is 0 Å². The fourth-order valence-electron chi connectivity index (χ4n) is 5.16. The number of nitrogens with one attached hydrogen (secondary N) is 2. The molecule has 1 aromatic heterocycles. The molecule has 6 heteroatoms. The van der Waals surface area contributed by atoms with E-state index in [9.17, 15) is 4.79 Å². The van der Waals surface area contributed by atoms with E-state index in [2.05, 4.69) is 15.6 Å². The van der Waals surface area contributed by atoms with Crippen LogP contribution < -0.4 is 16.4 Å². The second kappa shape index (κ2) is 4.60. The van der Waals surface area contributed by atoms with Crippen molar-refractivity contribution in [1.29, 1.82) is 0 Å². The van der Waals surface area contributed by atoms with Crippen molar-refractivity contribution in [3.63, 3.8) is 0 Å². The largest absolute Gasteiger partial charge is 0.382 e. The zero-order valence-electron chi connectivity index (χ0n) is 12.3. The highest BCUT2D eigenvalue weighted by molar-refractivity contribution is 7.18. The van der Waals surface area contributed by atoms with Gasteiger partial charge in [0, 0.05) is 12.6 Å². The number of amides is 1. The summed E-state index contributed by atoms with van der Waals surface area (Å²) >= 11 is 1.34. The van der Waals surface area contributed by atoms with Gasteiger partial charge in [0.25, 0.3) is 5.91 Å². The van der Waals surface area contributed by atoms with E-state index in [0.717, 1.165) is 37.0 Å². The minimum absolute atomic E-state index is 0.0298. The fraction of sp³-hybridized carbons (Fsp3) is 0.733. The van der Waals surface area contributed by atoms with Crippen molar-refractivity contribution in [1.82, 2.24) is 10.3 Å². The van der Waals surface area contributed by atoms with Gasteiger partial charge in [-0.3, -0.25) is 4.79 Å². The molecule has 0 saturated heterocycles. The molecule has 4 aliphatic carbocycles. The first-order chi connectivity index (χ1) is 10.1. The Balaban J connectivity index is 1.55. The summed E-state index contributed by atoms with van der Waals surface area (Å²) in [7, 11) is 1.79. The molecule has 0 spiro atoms. The number of nitrogens with two attached hydrogens (primary N) is 1. The maximum absolute atomic E-state index is 12.6. The van der Waals surface area contributed by atoms with E-state index >= 15 is 0 Å². The van der Waals surface area contributed by atoms with Crippen LogP contribution in [0.4, 0.5) is 10.9 Å². The van der Waals surface area contributed by atoms with Gasteiger partial charge in [-0.25, -0.2) is 4.98 Å². The third kappa shape index (κ3) is 2.20. The highest BCUT2D eigenvalue weighted by Gasteiger charge is 2.51. The average molecular weight is 306 g/mol. The van der Waals surface area contributed by atoms with E-state index in [1.807, 2.05) is 0 Å². The maximum Gasteiger partial charge on any atom is 0.265 e. The van der Waals surface area contributed by atoms with Crippen molar-refractivity contribution in [3.05, 3.63) is 4.88 Å². The molecule has 4 saturated carbocycles. The van der Waals surface area contributed by atoms with Gasteiger partial charge in [-0.15, -0.1) is 0 Å². The van der Waals surface area contributed by atoms with Crippen LogP contribution in [0.2, 0.25) is 0 Å². The molecule has 1 amide bonds. The van der Waals surface area contributed by atoms with Crippen molar-refractivity contribution in [2.24, 2.45) is 17.8 Å². The number of hydrogen-bond donors (Lipinski definition) is 3. The number of thiazole rings is 1. The number of carbonyl (C=O) groups is 1. The standard InChI is InChI=1S/C15H22N4OS/c1-17-14-18-12(16)11(21-14)13(20)19-15-5-8-2-9(6-15)4-10(3-8)7-15/h8-10H,2-7,16H2,1H3,(H,17,18)(H,19,20). The summed E-state index contributed by atoms with van der Waals surface area (Å²) in [6, 6.07) is 0. The minimum atomic E-state index is -0.0338. The Morgan fingerprint density at radius 2 is 1.81 bits per heavy atom. The summed E-state index contributed by atoms with van der Waals surface area (Å²) in [4.78, 5) is 17.4. The van der Waals surface area contributed by atoms with Crippen molar-refractivity contribution >= 4 is 28.2 Å². The number of aromatic nitrogens is 1. The topological polar surface area (TPSA) is 80.0 Å². The highest BCUT2D eigenvalue weighted by Crippen LogP contribution is 2.55. The first kappa shape index (κ1) is 13.4. The van der Waals surface area contributed by atoms with Crippen LogP contribution >= 0.6 is 11.3 Å². The lowest BCUT2D eigenvalue weighted by atomic mass is 9.53. The van der Waals surface area contributed by atoms with Crippen LogP contribution in [0.5, 0.6) is 0 Å². The molecule has 0 radical (unpaired) electrons. The van der Waals surface area contributed by atoms with Crippen molar-refractivity contribution in [3.8, 4) is 0 Å². The number of nitrogens with zero attached hydrogens (tertiary/aromatic N) is 1. The zero-order chi connectivity index (χ0) is 14.6. The Hall–Kier alpha value is -1.30. The van der Waals surface area contributed by atoms with Crippen LogP contribution in [-0.2, 0) is 0 Å². The molecular formula is C15H22N4OS. The predicted octanol–water partition coefficient (Wildman–Crippen LogP) is 2.47. The lowest BCUT2D eigenvalue weighted by molar-refractivity contribution is -0.0166. The molecule has 114 valence electrons. The van der Waals surface area contributed by atoms with Gasteiger partial charge < -0.3 is 16.4 Å². The van der Waals surface area contributed by atoms with Gasteiger partial charge in [-0.05, 0) is 56.3 Å². The fourth-order valence-corrected chi connectivity index (χ4v) is 5.90. The molecule has 21 heavy (non-hydrogen) atoms. The number of nitrogen functional groups attached to an aromatic ring is 1. The van der Waals surface area contributed by atoms with E-state index in [-0.39, 0.29) is 11.4 Å². The molecule has 4 aliphatic rings. The molecule has 1 aromatic rings. The van der Waals surface area contributed by atoms with Gasteiger partial charge in [0.1, 0.15) is 10.7 Å². The zero-order valence-corrected chi connectivity index (χ0v) is 13.1. The Kier molecular flexibility index (Phi) is 2.93. The molecule has 4 fully saturated rings. The van der Waals surface area contributed by atoms with Gasteiger partial charge in [0.2, 0.25) is 0 Å². The SMILES string of the molecule is CNc1nc(N)c(C(=O)NC23CC4CC(CC(C4)C2)C3)s1. The van der Waals surface area contributed by atoms with Gasteiger partial charge in [0.05, 0.1) is 0 Å². The lowest BCUT2D eigenvalue weighted by Gasteiger charge is -2.56. The highest BCUT2D eigenvalue weighted by atomic mass is 32.1. The van der Waals surface area contributed by atoms with E-state index in [4.69, 9.17) is 5.73 Å². The van der Waals surface area contributed by atoms with Crippen LogP contribution in [0.25, 0.3) is 0 Å². The molecule has 0 atom stereocenters. The number of hydrogen-bond acceptors (Lipinski definition) is 5. The smallest absolute Gasteiger partial charge is 0.265 e. The Bertz CT molecular complexity index is 547. The van der Waals surface area contributed by atoms with E-state index in [0.29, 0.717) is 15.8 Å². The lowest BCUT2D eigenvalue weighted by Crippen LogP contribution is -2.59. The van der Waals surface area contributed by atoms with Gasteiger partial charge in [-0.2, -0.15) is 0 Å². The average Bonchev–Trinajstić information content (AvgIpc) is 2.78. The van der Waals surface area contributed by atoms with Crippen molar-refractivity contribution in [2.75, 3.05) is 18.1 Å². The Morgan fingerprint density at radius 3 is 2.29 bits per heavy atom. The van der Waals surface area contributed by atoms with Crippen LogP contribution in [0.1, 0.15) is 48.2 Å². The summed E-state index contributed by atoms with van der Waals surface area (Å²) in [6.07, 6.45) is 7.60. The molecule has 0 unspecified atom stereocenters. The number of anilines is 2. The summed E-state index contributed by atoms with van der Waals surface area (Å²) in [5, 5.41) is 6.99. The normalized spacial score (nSPS) is 36.7. The van der Waals surface area contributed by atoms with Crippen molar-refractivity contribution < 1.29 is 4.79 Å². The molecule has 1 heterocycles. The summed E-state index contributed by atoms with van der Waals surface area (Å²) in [5.74, 6) is 2.77. The van der Waals surface area contributed by atoms with Gasteiger partial charge in [0.15, 0.2) is 5.13 Å². The van der Waals surface area contributed by atoms with E-state index in [1.165, 1.54) is 30.6 Å². The summed E-state index contributed by atoms with van der Waals surface area (Å²) in [5.41, 5.74) is 5.91. The van der Waals surface area contributed by atoms with E-state index in [1.54, 1.807) is 7.05 Å². The maximum atomic E-state index is 12.6. The van der Waals surface area contributed by atoms with Crippen LogP contribution in [0, 0.1) is 17.8 Å². The first-order valence-electron chi connectivity index (χ1n) is 7.83. The van der Waals surface area contributed by atoms with Gasteiger partial charge in [-0.1, -0.05) is 11.3 Å². The minimum Gasteiger partial charge on any atom is -0.382 e. The Labute approximate surface area is 128 Å². The first-order valence-corrected chi connectivity index (χ1v) is 8.65. The summed E-state index contributed by atoms with van der Waals surface area (Å²) in [6.45, 7) is 0. The molecule has 5 nitrogen and oxygen atoms in total. The van der Waals surface area contributed by atoms with Crippen LogP contribution in [-0.4, -0.2) is 23.5 Å². The molecule has 4 bridgehead atoms. The second-order valence-electron chi connectivity index (χ2n) is 7.14. The molecule has 5 rings (SSSR count). The third-order valence-corrected chi connectivity index (χ3v) is 6.58. The molecular weight excluding hydrogens is 284 g/mol. The van der Waals surface area contributed by atoms with Crippen molar-refractivity contribution in [2.45, 2.75) is 44.1 Å². The molecule has 0 aliphatic heterocycles. The third-order valence-electron chi connectivity index (χ3n) is 5.49. The Morgan fingerprint density at radius 1 is 1.24 bits per heavy atom. The monoisotopic (exact) mass is 306 g/mol. The van der Waals surface area contributed by atoms with E-state index < -0.39 is 0 Å². The second-order valence-corrected chi connectivity index (χ2v) is 8.13.